The Morgan fingerprint density at radius 3 is 2.25 bits per heavy atom. The second-order valence-corrected chi connectivity index (χ2v) is 6.15. The third kappa shape index (κ3) is 4.87. The second-order valence-electron chi connectivity index (χ2n) is 6.15. The summed E-state index contributed by atoms with van der Waals surface area (Å²) < 4.78 is 39.4. The molecule has 0 aliphatic heterocycles. The van der Waals surface area contributed by atoms with Crippen LogP contribution in [0.5, 0.6) is 0 Å². The first kappa shape index (κ1) is 20.9. The summed E-state index contributed by atoms with van der Waals surface area (Å²) >= 11 is 0. The number of halogens is 3. The van der Waals surface area contributed by atoms with E-state index in [1.54, 1.807) is 0 Å². The highest BCUT2D eigenvalue weighted by Crippen LogP contribution is 2.32. The van der Waals surface area contributed by atoms with Gasteiger partial charge in [-0.05, 0) is 29.8 Å². The minimum absolute atomic E-state index is 0.0187. The molecule has 2 N–H and O–H groups in total. The normalized spacial score (nSPS) is 11.0. The number of anilines is 1. The maximum atomic E-state index is 13.1. The summed E-state index contributed by atoms with van der Waals surface area (Å²) in [6.07, 6.45) is -5.07. The SMILES string of the molecule is CN(C)C(=O)c1cc(CC(=O)O)ccc1NC(=O)c1ccccc1C(F)(F)F. The van der Waals surface area contributed by atoms with Crippen LogP contribution in [0, 0.1) is 0 Å². The fraction of sp³-hybridized carbons (Fsp3) is 0.211. The smallest absolute Gasteiger partial charge is 0.417 e. The number of hydrogen-bond acceptors (Lipinski definition) is 3. The summed E-state index contributed by atoms with van der Waals surface area (Å²) in [4.78, 5) is 37.0. The van der Waals surface area contributed by atoms with E-state index in [9.17, 15) is 27.6 Å². The maximum absolute atomic E-state index is 13.1. The number of alkyl halides is 3. The molecular weight excluding hydrogens is 377 g/mol. The number of carboxylic acids is 1. The van der Waals surface area contributed by atoms with E-state index in [4.69, 9.17) is 5.11 Å². The summed E-state index contributed by atoms with van der Waals surface area (Å²) in [6.45, 7) is 0. The van der Waals surface area contributed by atoms with E-state index in [-0.39, 0.29) is 17.7 Å². The van der Waals surface area contributed by atoms with Crippen LogP contribution in [0.1, 0.15) is 31.8 Å². The number of nitrogens with one attached hydrogen (secondary N) is 1. The van der Waals surface area contributed by atoms with Gasteiger partial charge in [-0.3, -0.25) is 14.4 Å². The van der Waals surface area contributed by atoms with Crippen LogP contribution in [0.3, 0.4) is 0 Å². The quantitative estimate of drug-likeness (QED) is 0.815. The van der Waals surface area contributed by atoms with Gasteiger partial charge in [0.2, 0.25) is 0 Å². The monoisotopic (exact) mass is 394 g/mol. The number of benzene rings is 2. The molecule has 0 aromatic heterocycles. The molecule has 0 atom stereocenters. The highest BCUT2D eigenvalue weighted by atomic mass is 19.4. The van der Waals surface area contributed by atoms with E-state index in [1.807, 2.05) is 0 Å². The largest absolute Gasteiger partial charge is 0.481 e. The van der Waals surface area contributed by atoms with Crippen LogP contribution in [0.15, 0.2) is 42.5 Å². The van der Waals surface area contributed by atoms with Crippen LogP contribution in [-0.4, -0.2) is 41.9 Å². The van der Waals surface area contributed by atoms with Gasteiger partial charge in [0.15, 0.2) is 0 Å². The molecule has 0 aliphatic carbocycles. The Balaban J connectivity index is 2.44. The minimum Gasteiger partial charge on any atom is -0.481 e. The Morgan fingerprint density at radius 2 is 1.68 bits per heavy atom. The first-order valence-corrected chi connectivity index (χ1v) is 8.04. The van der Waals surface area contributed by atoms with Crippen molar-refractivity contribution in [2.24, 2.45) is 0 Å². The number of amides is 2. The Morgan fingerprint density at radius 1 is 1.04 bits per heavy atom. The minimum atomic E-state index is -4.72. The van der Waals surface area contributed by atoms with Gasteiger partial charge in [-0.1, -0.05) is 18.2 Å². The molecule has 6 nitrogen and oxygen atoms in total. The van der Waals surface area contributed by atoms with E-state index in [0.717, 1.165) is 12.1 Å². The summed E-state index contributed by atoms with van der Waals surface area (Å²) in [5, 5.41) is 11.2. The van der Waals surface area contributed by atoms with Crippen molar-refractivity contribution in [2.75, 3.05) is 19.4 Å². The first-order chi connectivity index (χ1) is 13.0. The molecule has 2 aromatic rings. The summed E-state index contributed by atoms with van der Waals surface area (Å²) in [5.41, 5.74) is -1.42. The highest BCUT2D eigenvalue weighted by Gasteiger charge is 2.35. The molecule has 28 heavy (non-hydrogen) atoms. The molecule has 0 aliphatic rings. The molecule has 2 aromatic carbocycles. The Labute approximate surface area is 158 Å². The molecule has 0 bridgehead atoms. The van der Waals surface area contributed by atoms with Crippen LogP contribution in [0.25, 0.3) is 0 Å². The van der Waals surface area contributed by atoms with Crippen molar-refractivity contribution in [2.45, 2.75) is 12.6 Å². The van der Waals surface area contributed by atoms with Gasteiger partial charge < -0.3 is 15.3 Å². The van der Waals surface area contributed by atoms with Crippen molar-refractivity contribution >= 4 is 23.5 Å². The van der Waals surface area contributed by atoms with Crippen molar-refractivity contribution in [3.05, 3.63) is 64.7 Å². The van der Waals surface area contributed by atoms with Gasteiger partial charge in [0.1, 0.15) is 0 Å². The van der Waals surface area contributed by atoms with E-state index in [2.05, 4.69) is 5.32 Å². The molecule has 0 radical (unpaired) electrons. The number of aliphatic carboxylic acids is 1. The van der Waals surface area contributed by atoms with Crippen LogP contribution in [0.4, 0.5) is 18.9 Å². The number of nitrogens with zero attached hydrogens (tertiary/aromatic N) is 1. The van der Waals surface area contributed by atoms with E-state index in [1.165, 1.54) is 49.3 Å². The molecule has 2 amide bonds. The summed E-state index contributed by atoms with van der Waals surface area (Å²) in [7, 11) is 2.91. The highest BCUT2D eigenvalue weighted by molar-refractivity contribution is 6.09. The average molecular weight is 394 g/mol. The third-order valence-corrected chi connectivity index (χ3v) is 3.80. The van der Waals surface area contributed by atoms with Gasteiger partial charge in [0.25, 0.3) is 11.8 Å². The third-order valence-electron chi connectivity index (χ3n) is 3.80. The van der Waals surface area contributed by atoms with Crippen molar-refractivity contribution in [3.63, 3.8) is 0 Å². The molecule has 2 rings (SSSR count). The lowest BCUT2D eigenvalue weighted by Gasteiger charge is -2.17. The van der Waals surface area contributed by atoms with Gasteiger partial charge in [0, 0.05) is 14.1 Å². The standard InChI is InChI=1S/C19H17F3N2O4/c1-24(2)18(28)13-9-11(10-16(25)26)7-8-15(13)23-17(27)12-5-3-4-6-14(12)19(20,21)22/h3-9H,10H2,1-2H3,(H,23,27)(H,25,26). The lowest BCUT2D eigenvalue weighted by Crippen LogP contribution is -2.25. The number of carbonyl (C=O) groups is 3. The number of rotatable bonds is 5. The molecule has 0 heterocycles. The average Bonchev–Trinajstić information content (AvgIpc) is 2.61. The Hall–Kier alpha value is -3.36. The van der Waals surface area contributed by atoms with Crippen LogP contribution in [-0.2, 0) is 17.4 Å². The second kappa shape index (κ2) is 8.12. The fourth-order valence-electron chi connectivity index (χ4n) is 2.52. The fourth-order valence-corrected chi connectivity index (χ4v) is 2.52. The molecule has 148 valence electrons. The summed E-state index contributed by atoms with van der Waals surface area (Å²) in [5.74, 6) is -2.68. The number of carboxylic acid groups (broad SMARTS) is 1. The van der Waals surface area contributed by atoms with Gasteiger partial charge in [0.05, 0.1) is 28.8 Å². The van der Waals surface area contributed by atoms with E-state index < -0.39 is 35.1 Å². The van der Waals surface area contributed by atoms with Crippen molar-refractivity contribution in [1.29, 1.82) is 0 Å². The predicted molar refractivity (Wildman–Crippen MR) is 95.2 cm³/mol. The van der Waals surface area contributed by atoms with Crippen molar-refractivity contribution in [1.82, 2.24) is 4.90 Å². The molecular formula is C19H17F3N2O4. The first-order valence-electron chi connectivity index (χ1n) is 8.04. The molecule has 0 saturated carbocycles. The molecule has 0 saturated heterocycles. The van der Waals surface area contributed by atoms with Crippen LogP contribution in [0.2, 0.25) is 0 Å². The van der Waals surface area contributed by atoms with Gasteiger partial charge in [-0.2, -0.15) is 13.2 Å². The van der Waals surface area contributed by atoms with Crippen molar-refractivity contribution in [3.8, 4) is 0 Å². The molecule has 0 unspecified atom stereocenters. The van der Waals surface area contributed by atoms with Crippen LogP contribution < -0.4 is 5.32 Å². The predicted octanol–water partition coefficient (Wildman–Crippen LogP) is 3.29. The van der Waals surface area contributed by atoms with E-state index in [0.29, 0.717) is 5.56 Å². The van der Waals surface area contributed by atoms with E-state index >= 15 is 0 Å². The maximum Gasteiger partial charge on any atom is 0.417 e. The zero-order valence-electron chi connectivity index (χ0n) is 15.0. The molecule has 0 fully saturated rings. The lowest BCUT2D eigenvalue weighted by atomic mass is 10.0. The molecule has 9 heteroatoms. The zero-order valence-corrected chi connectivity index (χ0v) is 15.0. The Kier molecular flexibility index (Phi) is 6.07. The topological polar surface area (TPSA) is 86.7 Å². The van der Waals surface area contributed by atoms with Gasteiger partial charge in [-0.15, -0.1) is 0 Å². The lowest BCUT2D eigenvalue weighted by molar-refractivity contribution is -0.138. The number of carbonyl (C=O) groups excluding carboxylic acids is 2. The van der Waals surface area contributed by atoms with Gasteiger partial charge in [-0.25, -0.2) is 0 Å². The van der Waals surface area contributed by atoms with Gasteiger partial charge >= 0.3 is 12.1 Å². The van der Waals surface area contributed by atoms with Crippen LogP contribution >= 0.6 is 0 Å². The Bertz CT molecular complexity index is 924. The number of hydrogen-bond donors (Lipinski definition) is 2. The molecule has 0 spiro atoms. The zero-order chi connectivity index (χ0) is 21.1. The van der Waals surface area contributed by atoms with Crippen molar-refractivity contribution < 1.29 is 32.7 Å². The summed E-state index contributed by atoms with van der Waals surface area (Å²) in [6, 6.07) is 8.26.